The van der Waals surface area contributed by atoms with Crippen LogP contribution in [0.15, 0.2) is 24.5 Å². The summed E-state index contributed by atoms with van der Waals surface area (Å²) in [6.07, 6.45) is 10.6. The van der Waals surface area contributed by atoms with E-state index < -0.39 is 17.9 Å². The number of carbonyl (C=O) groups excluding carboxylic acids is 2. The molecule has 0 radical (unpaired) electrons. The number of rotatable bonds is 6. The maximum Gasteiger partial charge on any atom is 0.320 e. The van der Waals surface area contributed by atoms with Crippen molar-refractivity contribution in [3.63, 3.8) is 0 Å². The summed E-state index contributed by atoms with van der Waals surface area (Å²) in [7, 11) is 2.52. The van der Waals surface area contributed by atoms with E-state index in [2.05, 4.69) is 9.47 Å². The second kappa shape index (κ2) is 8.34. The van der Waals surface area contributed by atoms with E-state index in [0.717, 1.165) is 12.8 Å². The van der Waals surface area contributed by atoms with Crippen LogP contribution in [0.25, 0.3) is 0 Å². The Balaban J connectivity index is 2.39. The second-order valence-corrected chi connectivity index (χ2v) is 4.23. The molecule has 1 unspecified atom stereocenters. The van der Waals surface area contributed by atoms with E-state index in [1.54, 1.807) is 6.26 Å². The Morgan fingerprint density at radius 2 is 2.05 bits per heavy atom. The van der Waals surface area contributed by atoms with Gasteiger partial charge in [-0.1, -0.05) is 6.08 Å². The summed E-state index contributed by atoms with van der Waals surface area (Å²) in [6.45, 7) is 0. The van der Waals surface area contributed by atoms with Crippen molar-refractivity contribution >= 4 is 11.9 Å². The van der Waals surface area contributed by atoms with Gasteiger partial charge in [0.1, 0.15) is 6.10 Å². The highest BCUT2D eigenvalue weighted by atomic mass is 16.5. The smallest absolute Gasteiger partial charge is 0.320 e. The van der Waals surface area contributed by atoms with Crippen LogP contribution in [0.2, 0.25) is 0 Å². The molecule has 0 saturated heterocycles. The van der Waals surface area contributed by atoms with E-state index in [-0.39, 0.29) is 6.10 Å². The quantitative estimate of drug-likeness (QED) is 0.419. The molecular weight excluding hydrogens is 248 g/mol. The molecule has 0 N–H and O–H groups in total. The van der Waals surface area contributed by atoms with Crippen LogP contribution in [0.3, 0.4) is 0 Å². The van der Waals surface area contributed by atoms with Crippen LogP contribution in [0.1, 0.15) is 25.7 Å². The Labute approximate surface area is 113 Å². The third kappa shape index (κ3) is 5.16. The topological polar surface area (TPSA) is 61.8 Å². The van der Waals surface area contributed by atoms with Crippen molar-refractivity contribution in [1.82, 2.24) is 0 Å². The maximum atomic E-state index is 11.4. The molecule has 5 heteroatoms. The zero-order valence-electron chi connectivity index (χ0n) is 11.3. The van der Waals surface area contributed by atoms with Crippen molar-refractivity contribution in [2.45, 2.75) is 31.8 Å². The fourth-order valence-electron chi connectivity index (χ4n) is 1.82. The van der Waals surface area contributed by atoms with Gasteiger partial charge in [-0.25, -0.2) is 0 Å². The number of methoxy groups -OCH3 is 2. The summed E-state index contributed by atoms with van der Waals surface area (Å²) in [5, 5.41) is 0. The molecule has 1 aliphatic heterocycles. The average molecular weight is 268 g/mol. The molecule has 0 saturated carbocycles. The van der Waals surface area contributed by atoms with Crippen LogP contribution in [-0.4, -0.2) is 32.3 Å². The van der Waals surface area contributed by atoms with Crippen molar-refractivity contribution in [1.29, 1.82) is 0 Å². The Morgan fingerprint density at radius 3 is 2.58 bits per heavy atom. The molecule has 0 spiro atoms. The van der Waals surface area contributed by atoms with Crippen molar-refractivity contribution in [2.75, 3.05) is 14.2 Å². The van der Waals surface area contributed by atoms with Crippen LogP contribution in [0, 0.1) is 5.92 Å². The minimum Gasteiger partial charge on any atom is -0.494 e. The van der Waals surface area contributed by atoms with Crippen molar-refractivity contribution in [3.05, 3.63) is 24.5 Å². The van der Waals surface area contributed by atoms with Gasteiger partial charge in [-0.15, -0.1) is 0 Å². The fraction of sp³-hybridized carbons (Fsp3) is 0.571. The van der Waals surface area contributed by atoms with Gasteiger partial charge >= 0.3 is 11.9 Å². The second-order valence-electron chi connectivity index (χ2n) is 4.23. The first-order valence-corrected chi connectivity index (χ1v) is 6.31. The first-order valence-electron chi connectivity index (χ1n) is 6.31. The molecule has 0 amide bonds. The SMILES string of the molecule is COC(=O)C(CC/C=C/C1CCC=CO1)C(=O)OC. The van der Waals surface area contributed by atoms with Crippen LogP contribution in [0.5, 0.6) is 0 Å². The molecule has 1 heterocycles. The summed E-state index contributed by atoms with van der Waals surface area (Å²) in [6, 6.07) is 0. The van der Waals surface area contributed by atoms with Gasteiger partial charge in [0.2, 0.25) is 0 Å². The molecule has 106 valence electrons. The molecule has 19 heavy (non-hydrogen) atoms. The van der Waals surface area contributed by atoms with Gasteiger partial charge in [-0.3, -0.25) is 9.59 Å². The highest BCUT2D eigenvalue weighted by Gasteiger charge is 2.27. The molecule has 5 nitrogen and oxygen atoms in total. The molecule has 1 rings (SSSR count). The lowest BCUT2D eigenvalue weighted by Crippen LogP contribution is -2.26. The van der Waals surface area contributed by atoms with Gasteiger partial charge in [0, 0.05) is 0 Å². The van der Waals surface area contributed by atoms with E-state index in [4.69, 9.17) is 4.74 Å². The predicted octanol–water partition coefficient (Wildman–Crippen LogP) is 1.98. The molecule has 0 fully saturated rings. The van der Waals surface area contributed by atoms with Gasteiger partial charge < -0.3 is 14.2 Å². The normalized spacial score (nSPS) is 18.4. The van der Waals surface area contributed by atoms with Crippen molar-refractivity contribution in [3.8, 4) is 0 Å². The standard InChI is InChI=1S/C14H20O5/c1-17-13(15)12(14(16)18-2)9-4-3-7-11-8-5-6-10-19-11/h3,6-7,10-12H,4-5,8-9H2,1-2H3/b7-3+. The Morgan fingerprint density at radius 1 is 1.37 bits per heavy atom. The summed E-state index contributed by atoms with van der Waals surface area (Å²) in [5.41, 5.74) is 0. The summed E-state index contributed by atoms with van der Waals surface area (Å²) in [4.78, 5) is 22.9. The minimum atomic E-state index is -0.855. The minimum absolute atomic E-state index is 0.0831. The third-order valence-electron chi connectivity index (χ3n) is 2.91. The molecule has 0 aromatic rings. The molecule has 0 aromatic carbocycles. The Kier molecular flexibility index (Phi) is 6.71. The van der Waals surface area contributed by atoms with E-state index >= 15 is 0 Å². The van der Waals surface area contributed by atoms with E-state index in [1.807, 2.05) is 18.2 Å². The summed E-state index contributed by atoms with van der Waals surface area (Å²) >= 11 is 0. The van der Waals surface area contributed by atoms with E-state index in [9.17, 15) is 9.59 Å². The molecule has 0 aromatic heterocycles. The predicted molar refractivity (Wildman–Crippen MR) is 69.1 cm³/mol. The number of allylic oxidation sites excluding steroid dienone is 2. The monoisotopic (exact) mass is 268 g/mol. The molecule has 1 atom stereocenters. The molecule has 0 bridgehead atoms. The maximum absolute atomic E-state index is 11.4. The largest absolute Gasteiger partial charge is 0.494 e. The van der Waals surface area contributed by atoms with Gasteiger partial charge in [0.15, 0.2) is 5.92 Å². The van der Waals surface area contributed by atoms with E-state index in [1.165, 1.54) is 14.2 Å². The van der Waals surface area contributed by atoms with Crippen LogP contribution in [-0.2, 0) is 23.8 Å². The lowest BCUT2D eigenvalue weighted by atomic mass is 10.0. The summed E-state index contributed by atoms with van der Waals surface area (Å²) < 4.78 is 14.5. The van der Waals surface area contributed by atoms with Gasteiger partial charge in [0.25, 0.3) is 0 Å². The number of esters is 2. The third-order valence-corrected chi connectivity index (χ3v) is 2.91. The molecule has 1 aliphatic rings. The highest BCUT2D eigenvalue weighted by Crippen LogP contribution is 2.14. The van der Waals surface area contributed by atoms with Gasteiger partial charge in [0.05, 0.1) is 20.5 Å². The van der Waals surface area contributed by atoms with Crippen molar-refractivity contribution in [2.24, 2.45) is 5.92 Å². The average Bonchev–Trinajstić information content (AvgIpc) is 2.47. The fourth-order valence-corrected chi connectivity index (χ4v) is 1.82. The summed E-state index contributed by atoms with van der Waals surface area (Å²) in [5.74, 6) is -1.97. The first-order chi connectivity index (χ1) is 9.19. The van der Waals surface area contributed by atoms with Gasteiger partial charge in [-0.2, -0.15) is 0 Å². The Hall–Kier alpha value is -1.78. The van der Waals surface area contributed by atoms with E-state index in [0.29, 0.717) is 12.8 Å². The highest BCUT2D eigenvalue weighted by molar-refractivity contribution is 5.94. The number of carbonyl (C=O) groups is 2. The zero-order valence-corrected chi connectivity index (χ0v) is 11.3. The van der Waals surface area contributed by atoms with Crippen LogP contribution in [0.4, 0.5) is 0 Å². The lowest BCUT2D eigenvalue weighted by Gasteiger charge is -2.15. The number of ether oxygens (including phenoxy) is 3. The first kappa shape index (κ1) is 15.3. The molecule has 0 aliphatic carbocycles. The number of hydrogen-bond acceptors (Lipinski definition) is 5. The van der Waals surface area contributed by atoms with Crippen LogP contribution < -0.4 is 0 Å². The zero-order chi connectivity index (χ0) is 14.1. The molecular formula is C14H20O5. The van der Waals surface area contributed by atoms with Crippen LogP contribution >= 0.6 is 0 Å². The Bertz CT molecular complexity index is 343. The number of hydrogen-bond donors (Lipinski definition) is 0. The van der Waals surface area contributed by atoms with Gasteiger partial charge in [-0.05, 0) is 37.8 Å². The lowest BCUT2D eigenvalue weighted by molar-refractivity contribution is -0.159. The van der Waals surface area contributed by atoms with Crippen molar-refractivity contribution < 1.29 is 23.8 Å².